The number of benzene rings is 2. The van der Waals surface area contributed by atoms with Crippen LogP contribution in [0.5, 0.6) is 5.75 Å². The number of allylic oxidation sites excluding steroid dienone is 4. The standard InChI is InChI=1S/C32H32F3N5O4/c1-19-15-20(2)26(21(3)16-19)27-25(41)17-43-29(27)38-30(42)36-14-13-31(4)11-9-22(10-12-31)28-37-18-40(39-28)23-5-7-24(8-6-23)44-32(33,34)35/h5-11,15-16,18H,12-14,17H2,1-4H3,(H2,36,38,42). The molecule has 0 saturated carbocycles. The van der Waals surface area contributed by atoms with E-state index in [0.29, 0.717) is 36.5 Å². The maximum atomic E-state index is 12.7. The van der Waals surface area contributed by atoms with Crippen molar-refractivity contribution in [1.29, 1.82) is 0 Å². The van der Waals surface area contributed by atoms with Gasteiger partial charge in [-0.15, -0.1) is 18.3 Å². The second-order valence-electron chi connectivity index (χ2n) is 11.2. The molecule has 12 heteroatoms. The van der Waals surface area contributed by atoms with Gasteiger partial charge in [0.1, 0.15) is 12.1 Å². The molecule has 2 amide bonds. The van der Waals surface area contributed by atoms with E-state index in [1.807, 2.05) is 51.1 Å². The van der Waals surface area contributed by atoms with E-state index in [2.05, 4.69) is 32.4 Å². The Labute approximate surface area is 252 Å². The van der Waals surface area contributed by atoms with E-state index in [1.54, 1.807) is 0 Å². The fraction of sp³-hybridized carbons (Fsp3) is 0.312. The van der Waals surface area contributed by atoms with Gasteiger partial charge >= 0.3 is 12.4 Å². The highest BCUT2D eigenvalue weighted by Crippen LogP contribution is 2.35. The number of aromatic nitrogens is 3. The number of hydrogen-bond donors (Lipinski definition) is 2. The van der Waals surface area contributed by atoms with Gasteiger partial charge in [-0.05, 0) is 80.0 Å². The van der Waals surface area contributed by atoms with E-state index in [9.17, 15) is 22.8 Å². The van der Waals surface area contributed by atoms with Gasteiger partial charge in [-0.1, -0.05) is 42.8 Å². The van der Waals surface area contributed by atoms with Gasteiger partial charge < -0.3 is 14.8 Å². The number of hydrogen-bond acceptors (Lipinski definition) is 6. The molecule has 230 valence electrons. The molecule has 2 heterocycles. The van der Waals surface area contributed by atoms with Crippen molar-refractivity contribution in [2.45, 2.75) is 46.9 Å². The molecule has 0 spiro atoms. The van der Waals surface area contributed by atoms with Crippen molar-refractivity contribution in [2.24, 2.45) is 5.41 Å². The minimum atomic E-state index is -4.76. The van der Waals surface area contributed by atoms with Crippen LogP contribution in [0.1, 0.15) is 47.8 Å². The van der Waals surface area contributed by atoms with E-state index in [0.717, 1.165) is 27.8 Å². The van der Waals surface area contributed by atoms with Crippen LogP contribution in [0.15, 0.2) is 66.8 Å². The average molecular weight is 608 g/mol. The smallest absolute Gasteiger partial charge is 0.470 e. The molecule has 0 bridgehead atoms. The third kappa shape index (κ3) is 7.01. The first-order valence-electron chi connectivity index (χ1n) is 14.0. The second-order valence-corrected chi connectivity index (χ2v) is 11.2. The summed E-state index contributed by atoms with van der Waals surface area (Å²) in [4.78, 5) is 29.7. The highest BCUT2D eigenvalue weighted by atomic mass is 19.4. The molecule has 1 aliphatic carbocycles. The predicted molar refractivity (Wildman–Crippen MR) is 158 cm³/mol. The molecule has 2 aromatic carbocycles. The topological polar surface area (TPSA) is 107 Å². The molecule has 0 saturated heterocycles. The molecule has 1 aliphatic heterocycles. The number of carbonyl (C=O) groups is 2. The number of amides is 2. The monoisotopic (exact) mass is 607 g/mol. The van der Waals surface area contributed by atoms with Crippen molar-refractivity contribution in [3.63, 3.8) is 0 Å². The highest BCUT2D eigenvalue weighted by Gasteiger charge is 2.32. The lowest BCUT2D eigenvalue weighted by Crippen LogP contribution is -2.37. The fourth-order valence-corrected chi connectivity index (χ4v) is 5.39. The van der Waals surface area contributed by atoms with Crippen LogP contribution in [0.2, 0.25) is 0 Å². The average Bonchev–Trinajstić information content (AvgIpc) is 3.56. The molecule has 0 fully saturated rings. The summed E-state index contributed by atoms with van der Waals surface area (Å²) in [5, 5.41) is 10.0. The zero-order valence-corrected chi connectivity index (χ0v) is 24.7. The molecule has 2 aliphatic rings. The zero-order chi connectivity index (χ0) is 31.6. The number of nitrogens with zero attached hydrogens (tertiary/aromatic N) is 3. The Morgan fingerprint density at radius 3 is 2.48 bits per heavy atom. The summed E-state index contributed by atoms with van der Waals surface area (Å²) in [6.45, 7) is 8.21. The van der Waals surface area contributed by atoms with Crippen LogP contribution >= 0.6 is 0 Å². The third-order valence-corrected chi connectivity index (χ3v) is 7.53. The minimum absolute atomic E-state index is 0.120. The van der Waals surface area contributed by atoms with Gasteiger partial charge in [0.25, 0.3) is 0 Å². The van der Waals surface area contributed by atoms with E-state index in [-0.39, 0.29) is 29.4 Å². The summed E-state index contributed by atoms with van der Waals surface area (Å²) < 4.78 is 48.2. The lowest BCUT2D eigenvalue weighted by atomic mass is 9.79. The molecule has 0 radical (unpaired) electrons. The van der Waals surface area contributed by atoms with Crippen molar-refractivity contribution >= 4 is 23.0 Å². The summed E-state index contributed by atoms with van der Waals surface area (Å²) in [5.74, 6) is 0.148. The second kappa shape index (κ2) is 12.0. The number of ether oxygens (including phenoxy) is 2. The first kappa shape index (κ1) is 30.6. The number of halogens is 3. The van der Waals surface area contributed by atoms with Crippen molar-refractivity contribution in [1.82, 2.24) is 25.4 Å². The molecular weight excluding hydrogens is 575 g/mol. The predicted octanol–water partition coefficient (Wildman–Crippen LogP) is 6.10. The quantitative estimate of drug-likeness (QED) is 0.321. The number of alkyl halides is 3. The molecule has 9 nitrogen and oxygen atoms in total. The Morgan fingerprint density at radius 1 is 1.14 bits per heavy atom. The van der Waals surface area contributed by atoms with Crippen molar-refractivity contribution < 1.29 is 32.2 Å². The lowest BCUT2D eigenvalue weighted by molar-refractivity contribution is -0.274. The van der Waals surface area contributed by atoms with Gasteiger partial charge in [0, 0.05) is 12.1 Å². The number of ketones is 1. The molecule has 3 aromatic rings. The van der Waals surface area contributed by atoms with Crippen LogP contribution in [0.25, 0.3) is 16.8 Å². The lowest BCUT2D eigenvalue weighted by Gasteiger charge is -2.27. The van der Waals surface area contributed by atoms with Crippen LogP contribution in [-0.4, -0.2) is 46.1 Å². The Balaban J connectivity index is 1.15. The fourth-order valence-electron chi connectivity index (χ4n) is 5.39. The summed E-state index contributed by atoms with van der Waals surface area (Å²) in [6.07, 6.45) is 4.05. The zero-order valence-electron chi connectivity index (χ0n) is 24.7. The number of aryl methyl sites for hydroxylation is 3. The van der Waals surface area contributed by atoms with Crippen LogP contribution in [-0.2, 0) is 9.53 Å². The van der Waals surface area contributed by atoms with Crippen molar-refractivity contribution in [2.75, 3.05) is 13.2 Å². The Morgan fingerprint density at radius 2 is 1.84 bits per heavy atom. The van der Waals surface area contributed by atoms with Gasteiger partial charge in [-0.25, -0.2) is 14.5 Å². The van der Waals surface area contributed by atoms with Crippen molar-refractivity contribution in [3.05, 3.63) is 94.9 Å². The Kier molecular flexibility index (Phi) is 8.36. The van der Waals surface area contributed by atoms with E-state index < -0.39 is 12.4 Å². The third-order valence-electron chi connectivity index (χ3n) is 7.53. The van der Waals surface area contributed by atoms with Gasteiger partial charge in [-0.2, -0.15) is 0 Å². The first-order chi connectivity index (χ1) is 20.8. The number of Topliss-reactive ketones (excluding diaryl/α,β-unsaturated/α-hetero) is 1. The molecule has 1 aromatic heterocycles. The molecule has 2 N–H and O–H groups in total. The summed E-state index contributed by atoms with van der Waals surface area (Å²) in [7, 11) is 0. The minimum Gasteiger partial charge on any atom is -0.470 e. The molecule has 44 heavy (non-hydrogen) atoms. The first-order valence-corrected chi connectivity index (χ1v) is 14.0. The van der Waals surface area contributed by atoms with Gasteiger partial charge in [0.2, 0.25) is 11.7 Å². The molecule has 1 unspecified atom stereocenters. The maximum absolute atomic E-state index is 12.7. The summed E-state index contributed by atoms with van der Waals surface area (Å²) >= 11 is 0. The largest absolute Gasteiger partial charge is 0.573 e. The van der Waals surface area contributed by atoms with E-state index in [1.165, 1.54) is 35.3 Å². The highest BCUT2D eigenvalue weighted by molar-refractivity contribution is 6.24. The maximum Gasteiger partial charge on any atom is 0.573 e. The Bertz CT molecular complexity index is 1670. The van der Waals surface area contributed by atoms with Crippen LogP contribution < -0.4 is 15.4 Å². The normalized spacial score (nSPS) is 18.2. The van der Waals surface area contributed by atoms with Crippen LogP contribution in [0, 0.1) is 26.2 Å². The summed E-state index contributed by atoms with van der Waals surface area (Å²) in [5.41, 5.74) is 5.26. The van der Waals surface area contributed by atoms with Crippen molar-refractivity contribution in [3.8, 4) is 11.4 Å². The van der Waals surface area contributed by atoms with Gasteiger partial charge in [-0.3, -0.25) is 10.1 Å². The Hall–Kier alpha value is -4.87. The number of carbonyl (C=O) groups excluding carboxylic acids is 2. The number of rotatable bonds is 8. The summed E-state index contributed by atoms with van der Waals surface area (Å²) in [6, 6.07) is 8.89. The van der Waals surface area contributed by atoms with Crippen LogP contribution in [0.4, 0.5) is 18.0 Å². The molecular formula is C32H32F3N5O4. The SMILES string of the molecule is Cc1cc(C)c(C2=C(NC(=O)NCCC3(C)C=CC(c4ncn(-c5ccc(OC(F)(F)F)cc5)n4)=CC3)OCC2=O)c(C)c1. The van der Waals surface area contributed by atoms with Crippen LogP contribution in [0.3, 0.4) is 0 Å². The number of nitrogens with one attached hydrogen (secondary N) is 2. The van der Waals surface area contributed by atoms with E-state index >= 15 is 0 Å². The van der Waals surface area contributed by atoms with Gasteiger partial charge in [0.05, 0.1) is 11.3 Å². The van der Waals surface area contributed by atoms with Gasteiger partial charge in [0.15, 0.2) is 12.4 Å². The van der Waals surface area contributed by atoms with E-state index in [4.69, 9.17) is 4.74 Å². The molecule has 5 rings (SSSR count). The number of urea groups is 1. The molecule has 1 atom stereocenters.